The fraction of sp³-hybridized carbons (Fsp3) is 0.438. The Labute approximate surface area is 120 Å². The average Bonchev–Trinajstić information content (AvgIpc) is 3.30. The molecule has 1 fully saturated rings. The molecule has 0 unspecified atom stereocenters. The Morgan fingerprint density at radius 3 is 2.75 bits per heavy atom. The molecule has 1 aromatic carbocycles. The van der Waals surface area contributed by atoms with Gasteiger partial charge in [0.1, 0.15) is 12.4 Å². The van der Waals surface area contributed by atoms with Gasteiger partial charge in [0, 0.05) is 24.7 Å². The number of hydrogen-bond acceptors (Lipinski definition) is 3. The predicted molar refractivity (Wildman–Crippen MR) is 80.1 cm³/mol. The molecule has 2 rings (SSSR count). The number of carbonyl (C=O) groups is 1. The maximum atomic E-state index is 12.0. The molecular weight excluding hydrogens is 252 g/mol. The summed E-state index contributed by atoms with van der Waals surface area (Å²) in [5.74, 6) is 0.708. The van der Waals surface area contributed by atoms with Crippen molar-refractivity contribution in [3.8, 4) is 5.75 Å². The quantitative estimate of drug-likeness (QED) is 0.738. The van der Waals surface area contributed by atoms with Crippen molar-refractivity contribution in [1.29, 1.82) is 0 Å². The van der Waals surface area contributed by atoms with Crippen molar-refractivity contribution in [3.05, 3.63) is 42.5 Å². The van der Waals surface area contributed by atoms with Gasteiger partial charge in [0.05, 0.1) is 0 Å². The third-order valence-electron chi connectivity index (χ3n) is 3.40. The van der Waals surface area contributed by atoms with Gasteiger partial charge in [0.2, 0.25) is 0 Å². The van der Waals surface area contributed by atoms with E-state index in [4.69, 9.17) is 4.74 Å². The molecule has 0 atom stereocenters. The molecule has 1 aliphatic rings. The van der Waals surface area contributed by atoms with Crippen LogP contribution in [0.2, 0.25) is 0 Å². The number of amides is 1. The second kappa shape index (κ2) is 7.10. The van der Waals surface area contributed by atoms with Crippen LogP contribution >= 0.6 is 0 Å². The molecule has 0 spiro atoms. The zero-order chi connectivity index (χ0) is 14.4. The van der Waals surface area contributed by atoms with Crippen molar-refractivity contribution in [2.24, 2.45) is 0 Å². The van der Waals surface area contributed by atoms with E-state index >= 15 is 0 Å². The summed E-state index contributed by atoms with van der Waals surface area (Å²) in [6, 6.07) is 7.88. The zero-order valence-corrected chi connectivity index (χ0v) is 12.0. The number of benzene rings is 1. The molecule has 0 bridgehead atoms. The molecule has 0 radical (unpaired) electrons. The van der Waals surface area contributed by atoms with E-state index in [1.807, 2.05) is 0 Å². The van der Waals surface area contributed by atoms with Crippen LogP contribution in [0, 0.1) is 0 Å². The number of ether oxygens (including phenoxy) is 1. The highest BCUT2D eigenvalue weighted by Crippen LogP contribution is 2.24. The summed E-state index contributed by atoms with van der Waals surface area (Å²) in [4.78, 5) is 14.2. The van der Waals surface area contributed by atoms with E-state index in [0.29, 0.717) is 18.7 Å². The van der Waals surface area contributed by atoms with E-state index in [1.54, 1.807) is 30.3 Å². The Hall–Kier alpha value is -1.81. The highest BCUT2D eigenvalue weighted by Gasteiger charge is 2.25. The van der Waals surface area contributed by atoms with Crippen molar-refractivity contribution < 1.29 is 9.53 Å². The smallest absolute Gasteiger partial charge is 0.251 e. The molecule has 4 heteroatoms. The SMILES string of the molecule is C=CCOc1ccc(C(=O)NCCN(C)C2CC2)cc1. The summed E-state index contributed by atoms with van der Waals surface area (Å²) in [5, 5.41) is 2.94. The second-order valence-electron chi connectivity index (χ2n) is 5.09. The first-order chi connectivity index (χ1) is 9.70. The fourth-order valence-corrected chi connectivity index (χ4v) is 2.00. The van der Waals surface area contributed by atoms with Crippen molar-refractivity contribution in [2.45, 2.75) is 18.9 Å². The normalized spacial score (nSPS) is 14.1. The van der Waals surface area contributed by atoms with Crippen LogP contribution < -0.4 is 10.1 Å². The Kier molecular flexibility index (Phi) is 5.18. The first-order valence-electron chi connectivity index (χ1n) is 7.03. The van der Waals surface area contributed by atoms with Crippen molar-refractivity contribution in [2.75, 3.05) is 26.7 Å². The summed E-state index contributed by atoms with van der Waals surface area (Å²) in [5.41, 5.74) is 0.657. The molecule has 108 valence electrons. The van der Waals surface area contributed by atoms with Crippen molar-refractivity contribution in [1.82, 2.24) is 10.2 Å². The summed E-state index contributed by atoms with van der Waals surface area (Å²) < 4.78 is 5.38. The van der Waals surface area contributed by atoms with E-state index in [9.17, 15) is 4.79 Å². The number of likely N-dealkylation sites (N-methyl/N-ethyl adjacent to an activating group) is 1. The Balaban J connectivity index is 1.74. The molecule has 1 aromatic rings. The summed E-state index contributed by atoms with van der Waals surface area (Å²) >= 11 is 0. The van der Waals surface area contributed by atoms with Gasteiger partial charge in [-0.25, -0.2) is 0 Å². The molecule has 0 aromatic heterocycles. The van der Waals surface area contributed by atoms with Gasteiger partial charge in [-0.1, -0.05) is 12.7 Å². The van der Waals surface area contributed by atoms with Gasteiger partial charge in [0.25, 0.3) is 5.91 Å². The molecule has 1 amide bonds. The highest BCUT2D eigenvalue weighted by atomic mass is 16.5. The van der Waals surface area contributed by atoms with Crippen LogP contribution in [-0.2, 0) is 0 Å². The Morgan fingerprint density at radius 2 is 2.15 bits per heavy atom. The minimum absolute atomic E-state index is 0.0375. The molecular formula is C16H22N2O2. The van der Waals surface area contributed by atoms with E-state index < -0.39 is 0 Å². The fourth-order valence-electron chi connectivity index (χ4n) is 2.00. The van der Waals surface area contributed by atoms with Crippen molar-refractivity contribution in [3.63, 3.8) is 0 Å². The lowest BCUT2D eigenvalue weighted by Gasteiger charge is -2.15. The third kappa shape index (κ3) is 4.38. The summed E-state index contributed by atoms with van der Waals surface area (Å²) in [7, 11) is 2.11. The van der Waals surface area contributed by atoms with Crippen LogP contribution in [0.5, 0.6) is 5.75 Å². The largest absolute Gasteiger partial charge is 0.490 e. The maximum Gasteiger partial charge on any atom is 0.251 e. The first-order valence-corrected chi connectivity index (χ1v) is 7.03. The van der Waals surface area contributed by atoms with Gasteiger partial charge in [-0.3, -0.25) is 4.79 Å². The van der Waals surface area contributed by atoms with Crippen LogP contribution in [0.4, 0.5) is 0 Å². The Bertz CT molecular complexity index is 452. The van der Waals surface area contributed by atoms with Gasteiger partial charge in [0.15, 0.2) is 0 Å². The van der Waals surface area contributed by atoms with Gasteiger partial charge in [-0.2, -0.15) is 0 Å². The predicted octanol–water partition coefficient (Wildman–Crippen LogP) is 2.08. The standard InChI is InChI=1S/C16H22N2O2/c1-3-12-20-15-8-4-13(5-9-15)16(19)17-10-11-18(2)14-6-7-14/h3-5,8-9,14H,1,6-7,10-12H2,2H3,(H,17,19). The lowest BCUT2D eigenvalue weighted by Crippen LogP contribution is -2.33. The number of rotatable bonds is 8. The van der Waals surface area contributed by atoms with E-state index in [2.05, 4.69) is 23.8 Å². The third-order valence-corrected chi connectivity index (χ3v) is 3.40. The maximum absolute atomic E-state index is 12.0. The van der Waals surface area contributed by atoms with Gasteiger partial charge in [-0.15, -0.1) is 0 Å². The molecule has 0 saturated heterocycles. The van der Waals surface area contributed by atoms with E-state index in [1.165, 1.54) is 12.8 Å². The van der Waals surface area contributed by atoms with Crippen LogP contribution in [0.15, 0.2) is 36.9 Å². The van der Waals surface area contributed by atoms with Crippen molar-refractivity contribution >= 4 is 5.91 Å². The molecule has 4 nitrogen and oxygen atoms in total. The lowest BCUT2D eigenvalue weighted by molar-refractivity contribution is 0.0949. The molecule has 1 saturated carbocycles. The molecule has 0 aliphatic heterocycles. The van der Waals surface area contributed by atoms with Crippen LogP contribution in [0.3, 0.4) is 0 Å². The molecule has 1 N–H and O–H groups in total. The van der Waals surface area contributed by atoms with Gasteiger partial charge >= 0.3 is 0 Å². The summed E-state index contributed by atoms with van der Waals surface area (Å²) in [6.07, 6.45) is 4.27. The molecule has 20 heavy (non-hydrogen) atoms. The monoisotopic (exact) mass is 274 g/mol. The Morgan fingerprint density at radius 1 is 1.45 bits per heavy atom. The molecule has 0 heterocycles. The van der Waals surface area contributed by atoms with Gasteiger partial charge < -0.3 is 15.0 Å². The number of carbonyl (C=O) groups excluding carboxylic acids is 1. The second-order valence-corrected chi connectivity index (χ2v) is 5.09. The highest BCUT2D eigenvalue weighted by molar-refractivity contribution is 5.94. The minimum Gasteiger partial charge on any atom is -0.490 e. The number of nitrogens with zero attached hydrogens (tertiary/aromatic N) is 1. The average molecular weight is 274 g/mol. The van der Waals surface area contributed by atoms with Gasteiger partial charge in [-0.05, 0) is 44.2 Å². The van der Waals surface area contributed by atoms with E-state index in [-0.39, 0.29) is 5.91 Å². The molecule has 1 aliphatic carbocycles. The minimum atomic E-state index is -0.0375. The lowest BCUT2D eigenvalue weighted by atomic mass is 10.2. The topological polar surface area (TPSA) is 41.6 Å². The zero-order valence-electron chi connectivity index (χ0n) is 12.0. The number of hydrogen-bond donors (Lipinski definition) is 1. The number of nitrogens with one attached hydrogen (secondary N) is 1. The summed E-state index contributed by atoms with van der Waals surface area (Å²) in [6.45, 7) is 5.65. The van der Waals surface area contributed by atoms with Crippen LogP contribution in [0.25, 0.3) is 0 Å². The van der Waals surface area contributed by atoms with Crippen LogP contribution in [-0.4, -0.2) is 43.6 Å². The van der Waals surface area contributed by atoms with E-state index in [0.717, 1.165) is 18.3 Å². The van der Waals surface area contributed by atoms with Crippen LogP contribution in [0.1, 0.15) is 23.2 Å². The first kappa shape index (κ1) is 14.6.